The lowest BCUT2D eigenvalue weighted by molar-refractivity contribution is 0.110. The highest BCUT2D eigenvalue weighted by atomic mass is 16.5. The highest BCUT2D eigenvalue weighted by molar-refractivity contribution is 5.67. The van der Waals surface area contributed by atoms with E-state index >= 15 is 0 Å². The topological polar surface area (TPSA) is 58.2 Å². The third-order valence-electron chi connectivity index (χ3n) is 2.76. The Balaban J connectivity index is 2.01. The molecule has 5 nitrogen and oxygen atoms in total. The monoisotopic (exact) mass is 209 g/mol. The van der Waals surface area contributed by atoms with Gasteiger partial charge in [-0.15, -0.1) is 0 Å². The maximum Gasteiger partial charge on any atom is 0.409 e. The Morgan fingerprint density at radius 1 is 1.73 bits per heavy atom. The molecule has 1 aromatic rings. The first-order chi connectivity index (χ1) is 7.31. The second-order valence-corrected chi connectivity index (χ2v) is 3.73. The van der Waals surface area contributed by atoms with Crippen LogP contribution in [0.1, 0.15) is 24.6 Å². The van der Waals surface area contributed by atoms with Crippen molar-refractivity contribution in [3.05, 3.63) is 18.2 Å². The number of ether oxygens (including phenoxy) is 1. The molecule has 0 bridgehead atoms. The van der Waals surface area contributed by atoms with Gasteiger partial charge in [-0.3, -0.25) is 0 Å². The second kappa shape index (κ2) is 4.33. The molecule has 1 saturated heterocycles. The number of nitrogens with zero attached hydrogens (tertiary/aromatic N) is 2. The maximum atomic E-state index is 11.4. The van der Waals surface area contributed by atoms with Gasteiger partial charge in [0.25, 0.3) is 0 Å². The first-order valence-corrected chi connectivity index (χ1v) is 5.13. The first kappa shape index (κ1) is 10.0. The van der Waals surface area contributed by atoms with Crippen molar-refractivity contribution in [2.75, 3.05) is 20.2 Å². The van der Waals surface area contributed by atoms with E-state index in [-0.39, 0.29) is 6.09 Å². The molecule has 15 heavy (non-hydrogen) atoms. The van der Waals surface area contributed by atoms with Crippen molar-refractivity contribution in [2.45, 2.75) is 18.8 Å². The van der Waals surface area contributed by atoms with Gasteiger partial charge in [0, 0.05) is 31.4 Å². The Morgan fingerprint density at radius 3 is 3.27 bits per heavy atom. The molecule has 82 valence electrons. The summed E-state index contributed by atoms with van der Waals surface area (Å²) in [4.78, 5) is 20.4. The van der Waals surface area contributed by atoms with Crippen LogP contribution in [0.4, 0.5) is 4.79 Å². The molecule has 0 radical (unpaired) electrons. The molecule has 0 spiro atoms. The number of hydrogen-bond acceptors (Lipinski definition) is 3. The summed E-state index contributed by atoms with van der Waals surface area (Å²) in [6.07, 6.45) is 5.38. The quantitative estimate of drug-likeness (QED) is 0.759. The Hall–Kier alpha value is -1.52. The largest absolute Gasteiger partial charge is 0.453 e. The van der Waals surface area contributed by atoms with Gasteiger partial charge in [0.1, 0.15) is 5.82 Å². The van der Waals surface area contributed by atoms with E-state index in [4.69, 9.17) is 4.74 Å². The van der Waals surface area contributed by atoms with Crippen LogP contribution in [0.5, 0.6) is 0 Å². The molecule has 5 heteroatoms. The summed E-state index contributed by atoms with van der Waals surface area (Å²) in [6, 6.07) is 0. The molecule has 1 aromatic heterocycles. The highest BCUT2D eigenvalue weighted by Crippen LogP contribution is 2.24. The van der Waals surface area contributed by atoms with Crippen LogP contribution in [0, 0.1) is 0 Å². The Kier molecular flexibility index (Phi) is 2.89. The van der Waals surface area contributed by atoms with Crippen molar-refractivity contribution < 1.29 is 9.53 Å². The lowest BCUT2D eigenvalue weighted by Gasteiger charge is -2.30. The number of nitrogens with one attached hydrogen (secondary N) is 1. The molecule has 0 aromatic carbocycles. The number of hydrogen-bond donors (Lipinski definition) is 1. The normalized spacial score (nSPS) is 21.4. The van der Waals surface area contributed by atoms with E-state index in [0.717, 1.165) is 25.2 Å². The van der Waals surface area contributed by atoms with Crippen molar-refractivity contribution in [1.82, 2.24) is 14.9 Å². The molecule has 2 rings (SSSR count). The third-order valence-corrected chi connectivity index (χ3v) is 2.76. The van der Waals surface area contributed by atoms with Gasteiger partial charge in [0.05, 0.1) is 7.11 Å². The molecule has 1 N–H and O–H groups in total. The van der Waals surface area contributed by atoms with Crippen LogP contribution in [0.15, 0.2) is 12.4 Å². The van der Waals surface area contributed by atoms with Gasteiger partial charge in [-0.1, -0.05) is 0 Å². The molecular formula is C10H15N3O2. The fourth-order valence-corrected chi connectivity index (χ4v) is 2.00. The summed E-state index contributed by atoms with van der Waals surface area (Å²) < 4.78 is 4.71. The fraction of sp³-hybridized carbons (Fsp3) is 0.600. The minimum atomic E-state index is -0.244. The number of piperidine rings is 1. The number of likely N-dealkylation sites (tertiary alicyclic amines) is 1. The van der Waals surface area contributed by atoms with E-state index < -0.39 is 0 Å². The van der Waals surface area contributed by atoms with Crippen molar-refractivity contribution in [1.29, 1.82) is 0 Å². The predicted molar refractivity (Wildman–Crippen MR) is 54.5 cm³/mol. The average Bonchev–Trinajstić information content (AvgIpc) is 2.82. The summed E-state index contributed by atoms with van der Waals surface area (Å²) in [6.45, 7) is 1.48. The molecule has 1 fully saturated rings. The number of carbonyl (C=O) groups is 1. The minimum Gasteiger partial charge on any atom is -0.453 e. The maximum absolute atomic E-state index is 11.4. The van der Waals surface area contributed by atoms with Crippen LogP contribution in [0.25, 0.3) is 0 Å². The molecule has 1 aliphatic rings. The lowest BCUT2D eigenvalue weighted by atomic mass is 9.98. The smallest absolute Gasteiger partial charge is 0.409 e. The summed E-state index contributed by atoms with van der Waals surface area (Å²) in [5.41, 5.74) is 0. The average molecular weight is 209 g/mol. The zero-order valence-electron chi connectivity index (χ0n) is 8.77. The minimum absolute atomic E-state index is 0.244. The molecule has 1 aliphatic heterocycles. The number of H-pyrrole nitrogens is 1. The molecule has 2 heterocycles. The van der Waals surface area contributed by atoms with Gasteiger partial charge in [-0.25, -0.2) is 9.78 Å². The van der Waals surface area contributed by atoms with Crippen molar-refractivity contribution >= 4 is 6.09 Å². The molecular weight excluding hydrogens is 194 g/mol. The predicted octanol–water partition coefficient (Wildman–Crippen LogP) is 1.36. The number of aromatic amines is 1. The highest BCUT2D eigenvalue weighted by Gasteiger charge is 2.26. The number of methoxy groups -OCH3 is 1. The van der Waals surface area contributed by atoms with Crippen LogP contribution >= 0.6 is 0 Å². The summed E-state index contributed by atoms with van der Waals surface area (Å²) in [5.74, 6) is 1.27. The van der Waals surface area contributed by atoms with Crippen LogP contribution in [-0.4, -0.2) is 41.2 Å². The van der Waals surface area contributed by atoms with E-state index in [1.165, 1.54) is 7.11 Å². The first-order valence-electron chi connectivity index (χ1n) is 5.13. The number of rotatable bonds is 1. The standard InChI is InChI=1S/C10H15N3O2/c1-15-10(14)13-6-2-3-8(7-13)9-11-4-5-12-9/h4-5,8H,2-3,6-7H2,1H3,(H,11,12). The van der Waals surface area contributed by atoms with Gasteiger partial charge in [0.2, 0.25) is 0 Å². The van der Waals surface area contributed by atoms with E-state index in [2.05, 4.69) is 9.97 Å². The van der Waals surface area contributed by atoms with Gasteiger partial charge < -0.3 is 14.6 Å². The zero-order chi connectivity index (χ0) is 10.7. The van der Waals surface area contributed by atoms with E-state index in [1.807, 2.05) is 6.20 Å². The summed E-state index contributed by atoms with van der Waals surface area (Å²) in [7, 11) is 1.42. The van der Waals surface area contributed by atoms with Gasteiger partial charge in [0.15, 0.2) is 0 Å². The van der Waals surface area contributed by atoms with Crippen LogP contribution in [0.3, 0.4) is 0 Å². The van der Waals surface area contributed by atoms with Gasteiger partial charge in [-0.2, -0.15) is 0 Å². The number of carbonyl (C=O) groups excluding carboxylic acids is 1. The van der Waals surface area contributed by atoms with Gasteiger partial charge >= 0.3 is 6.09 Å². The molecule has 1 unspecified atom stereocenters. The van der Waals surface area contributed by atoms with E-state index in [9.17, 15) is 4.79 Å². The third kappa shape index (κ3) is 2.11. The van der Waals surface area contributed by atoms with Crippen molar-refractivity contribution in [3.8, 4) is 0 Å². The number of aromatic nitrogens is 2. The van der Waals surface area contributed by atoms with Crippen molar-refractivity contribution in [3.63, 3.8) is 0 Å². The lowest BCUT2D eigenvalue weighted by Crippen LogP contribution is -2.39. The van der Waals surface area contributed by atoms with Crippen LogP contribution in [-0.2, 0) is 4.74 Å². The van der Waals surface area contributed by atoms with Gasteiger partial charge in [-0.05, 0) is 12.8 Å². The second-order valence-electron chi connectivity index (χ2n) is 3.73. The SMILES string of the molecule is COC(=O)N1CCCC(c2ncc[nH]2)C1. The van der Waals surface area contributed by atoms with E-state index in [0.29, 0.717) is 12.5 Å². The molecule has 1 amide bonds. The Bertz CT molecular complexity index is 323. The molecule has 0 aliphatic carbocycles. The Labute approximate surface area is 88.4 Å². The zero-order valence-corrected chi connectivity index (χ0v) is 8.77. The number of amides is 1. The van der Waals surface area contributed by atoms with Crippen LogP contribution < -0.4 is 0 Å². The summed E-state index contributed by atoms with van der Waals surface area (Å²) in [5, 5.41) is 0. The Morgan fingerprint density at radius 2 is 2.60 bits per heavy atom. The molecule has 1 atom stereocenters. The molecule has 0 saturated carbocycles. The summed E-state index contributed by atoms with van der Waals surface area (Å²) >= 11 is 0. The van der Waals surface area contributed by atoms with E-state index in [1.54, 1.807) is 11.1 Å². The fourth-order valence-electron chi connectivity index (χ4n) is 2.00. The van der Waals surface area contributed by atoms with Crippen LogP contribution in [0.2, 0.25) is 0 Å². The van der Waals surface area contributed by atoms with Crippen molar-refractivity contribution in [2.24, 2.45) is 0 Å². The number of imidazole rings is 1.